The zero-order valence-corrected chi connectivity index (χ0v) is 21.4. The number of hydrogen-bond acceptors (Lipinski definition) is 3. The van der Waals surface area contributed by atoms with Crippen molar-refractivity contribution in [1.29, 1.82) is 0 Å². The van der Waals surface area contributed by atoms with E-state index in [1.807, 2.05) is 29.6 Å². The maximum Gasteiger partial charge on any atom is 0.335 e. The Morgan fingerprint density at radius 2 is 1.58 bits per heavy atom. The lowest BCUT2D eigenvalue weighted by Crippen LogP contribution is -2.23. The fourth-order valence-electron chi connectivity index (χ4n) is 4.34. The Kier molecular flexibility index (Phi) is 7.22. The number of carbonyl (C=O) groups excluding carboxylic acids is 1. The number of aromatic carboxylic acids is 1. The molecule has 0 unspecified atom stereocenters. The average Bonchev–Trinajstić information content (AvgIpc) is 3.29. The number of thiophene rings is 1. The van der Waals surface area contributed by atoms with Gasteiger partial charge in [-0.15, -0.1) is 11.3 Å². The van der Waals surface area contributed by atoms with Gasteiger partial charge >= 0.3 is 5.97 Å². The molecule has 0 saturated heterocycles. The summed E-state index contributed by atoms with van der Waals surface area (Å²) in [6.07, 6.45) is 0.547. The molecule has 4 aromatic carbocycles. The smallest absolute Gasteiger partial charge is 0.335 e. The monoisotopic (exact) mass is 547 g/mol. The zero-order chi connectivity index (χ0) is 26.8. The van der Waals surface area contributed by atoms with E-state index in [0.29, 0.717) is 28.1 Å². The largest absolute Gasteiger partial charge is 0.478 e. The summed E-state index contributed by atoms with van der Waals surface area (Å²) in [4.78, 5) is 24.6. The van der Waals surface area contributed by atoms with Crippen molar-refractivity contribution in [2.45, 2.75) is 13.0 Å². The maximum atomic E-state index is 14.0. The molecule has 38 heavy (non-hydrogen) atoms. The van der Waals surface area contributed by atoms with E-state index in [9.17, 15) is 18.4 Å². The fraction of sp³-hybridized carbons (Fsp3) is 0.0667. The second-order valence-electron chi connectivity index (χ2n) is 8.81. The highest BCUT2D eigenvalue weighted by Gasteiger charge is 2.18. The number of benzene rings is 4. The van der Waals surface area contributed by atoms with Crippen molar-refractivity contribution in [1.82, 2.24) is 5.32 Å². The van der Waals surface area contributed by atoms with Crippen LogP contribution in [0, 0.1) is 11.6 Å². The third-order valence-electron chi connectivity index (χ3n) is 6.13. The number of carboxylic acids is 1. The van der Waals surface area contributed by atoms with Gasteiger partial charge in [0.2, 0.25) is 0 Å². The number of carbonyl (C=O) groups is 2. The van der Waals surface area contributed by atoms with Crippen molar-refractivity contribution in [3.63, 3.8) is 0 Å². The van der Waals surface area contributed by atoms with Crippen LogP contribution < -0.4 is 5.32 Å². The van der Waals surface area contributed by atoms with E-state index in [1.165, 1.54) is 35.6 Å². The lowest BCUT2D eigenvalue weighted by Gasteiger charge is -2.12. The average molecular weight is 548 g/mol. The molecule has 0 bridgehead atoms. The first kappa shape index (κ1) is 25.6. The summed E-state index contributed by atoms with van der Waals surface area (Å²) in [5.41, 5.74) is 4.02. The van der Waals surface area contributed by atoms with Crippen LogP contribution in [0.4, 0.5) is 8.78 Å². The highest BCUT2D eigenvalue weighted by atomic mass is 35.5. The summed E-state index contributed by atoms with van der Waals surface area (Å²) in [7, 11) is 0. The van der Waals surface area contributed by atoms with E-state index in [4.69, 9.17) is 16.7 Å². The van der Waals surface area contributed by atoms with Gasteiger partial charge in [0.05, 0.1) is 5.56 Å². The molecule has 5 rings (SSSR count). The van der Waals surface area contributed by atoms with Gasteiger partial charge in [0.1, 0.15) is 11.6 Å². The maximum absolute atomic E-state index is 14.0. The summed E-state index contributed by atoms with van der Waals surface area (Å²) in [6.45, 7) is 0.173. The molecule has 8 heteroatoms. The molecule has 2 N–H and O–H groups in total. The van der Waals surface area contributed by atoms with Gasteiger partial charge in [0, 0.05) is 33.3 Å². The molecule has 1 heterocycles. The molecular weight excluding hydrogens is 528 g/mol. The summed E-state index contributed by atoms with van der Waals surface area (Å²) < 4.78 is 28.8. The van der Waals surface area contributed by atoms with E-state index in [0.717, 1.165) is 32.8 Å². The first-order valence-electron chi connectivity index (χ1n) is 11.6. The Bertz CT molecular complexity index is 1660. The molecule has 0 radical (unpaired) electrons. The van der Waals surface area contributed by atoms with Crippen LogP contribution in [0.1, 0.15) is 37.4 Å². The second-order valence-corrected chi connectivity index (χ2v) is 10.2. The van der Waals surface area contributed by atoms with E-state index >= 15 is 0 Å². The molecule has 0 aliphatic heterocycles. The van der Waals surface area contributed by atoms with Crippen LogP contribution in [0.15, 0.2) is 84.2 Å². The first-order valence-corrected chi connectivity index (χ1v) is 12.9. The van der Waals surface area contributed by atoms with E-state index < -0.39 is 17.6 Å². The number of hydrogen-bond donors (Lipinski definition) is 2. The Morgan fingerprint density at radius 3 is 2.26 bits per heavy atom. The van der Waals surface area contributed by atoms with Crippen LogP contribution in [0.25, 0.3) is 21.2 Å². The van der Waals surface area contributed by atoms with Gasteiger partial charge in [-0.3, -0.25) is 4.79 Å². The van der Waals surface area contributed by atoms with Crippen LogP contribution in [-0.2, 0) is 13.0 Å². The molecule has 0 aliphatic rings. The minimum atomic E-state index is -1.03. The van der Waals surface area contributed by atoms with Gasteiger partial charge in [0.25, 0.3) is 5.91 Å². The number of halogens is 3. The van der Waals surface area contributed by atoms with Crippen molar-refractivity contribution < 1.29 is 23.5 Å². The molecule has 1 aromatic heterocycles. The Labute approximate surface area is 226 Å². The van der Waals surface area contributed by atoms with Gasteiger partial charge < -0.3 is 10.4 Å². The molecule has 4 nitrogen and oxygen atoms in total. The highest BCUT2D eigenvalue weighted by Crippen LogP contribution is 2.36. The fourth-order valence-corrected chi connectivity index (χ4v) is 5.58. The van der Waals surface area contributed by atoms with Crippen molar-refractivity contribution in [3.8, 4) is 11.1 Å². The van der Waals surface area contributed by atoms with E-state index in [2.05, 4.69) is 5.32 Å². The quantitative estimate of drug-likeness (QED) is 0.219. The molecule has 0 fully saturated rings. The molecular formula is C30H20ClF2NO3S. The van der Waals surface area contributed by atoms with Gasteiger partial charge in [-0.1, -0.05) is 35.9 Å². The Balaban J connectivity index is 1.54. The van der Waals surface area contributed by atoms with Crippen LogP contribution in [0.2, 0.25) is 5.02 Å². The third-order valence-corrected chi connectivity index (χ3v) is 7.34. The van der Waals surface area contributed by atoms with Crippen molar-refractivity contribution in [2.75, 3.05) is 0 Å². The van der Waals surface area contributed by atoms with Gasteiger partial charge in [-0.25, -0.2) is 13.6 Å². The summed E-state index contributed by atoms with van der Waals surface area (Å²) in [5.74, 6) is -2.80. The number of carboxylic acid groups (broad SMARTS) is 1. The zero-order valence-electron chi connectivity index (χ0n) is 19.8. The van der Waals surface area contributed by atoms with Gasteiger partial charge in [-0.05, 0) is 88.1 Å². The number of fused-ring (bicyclic) bond motifs is 1. The molecule has 0 aliphatic carbocycles. The van der Waals surface area contributed by atoms with E-state index in [1.54, 1.807) is 24.3 Å². The summed E-state index contributed by atoms with van der Waals surface area (Å²) >= 11 is 7.62. The van der Waals surface area contributed by atoms with Crippen molar-refractivity contribution in [3.05, 3.63) is 129 Å². The molecule has 0 atom stereocenters. The molecule has 1 amide bonds. The van der Waals surface area contributed by atoms with Crippen LogP contribution in [-0.4, -0.2) is 17.0 Å². The summed E-state index contributed by atoms with van der Waals surface area (Å²) in [5, 5.41) is 15.3. The van der Waals surface area contributed by atoms with Crippen LogP contribution in [0.3, 0.4) is 0 Å². The van der Waals surface area contributed by atoms with Crippen LogP contribution in [0.5, 0.6) is 0 Å². The minimum absolute atomic E-state index is 0.153. The highest BCUT2D eigenvalue weighted by molar-refractivity contribution is 7.17. The Hall–Kier alpha value is -4.07. The molecule has 0 saturated carbocycles. The van der Waals surface area contributed by atoms with Gasteiger partial charge in [0.15, 0.2) is 0 Å². The molecule has 5 aromatic rings. The van der Waals surface area contributed by atoms with E-state index in [-0.39, 0.29) is 18.0 Å². The lowest BCUT2D eigenvalue weighted by atomic mass is 9.96. The topological polar surface area (TPSA) is 66.4 Å². The van der Waals surface area contributed by atoms with Crippen LogP contribution >= 0.6 is 22.9 Å². The van der Waals surface area contributed by atoms with Crippen molar-refractivity contribution >= 4 is 44.9 Å². The second kappa shape index (κ2) is 10.7. The number of amides is 1. The predicted molar refractivity (Wildman–Crippen MR) is 146 cm³/mol. The predicted octanol–water partition coefficient (Wildman–Crippen LogP) is 7.72. The SMILES string of the molecule is O=C(O)c1ccc(CNC(=O)c2cc(-c3cc(F)cc(F)c3)cc3scc(Cc4cccc(Cl)c4)c23)cc1. The lowest BCUT2D eigenvalue weighted by molar-refractivity contribution is 0.0696. The standard InChI is InChI=1S/C30H20ClF2NO3S/c31-23-3-1-2-18(9-23)8-22-16-38-27-13-21(20-10-24(32)14-25(33)11-20)12-26(28(22)27)29(35)34-15-17-4-6-19(7-5-17)30(36)37/h1-7,9-14,16H,8,15H2,(H,34,35)(H,36,37). The minimum Gasteiger partial charge on any atom is -0.478 e. The third kappa shape index (κ3) is 5.59. The normalized spacial score (nSPS) is 11.0. The van der Waals surface area contributed by atoms with Crippen molar-refractivity contribution in [2.24, 2.45) is 0 Å². The number of nitrogens with one attached hydrogen (secondary N) is 1. The molecule has 0 spiro atoms. The Morgan fingerprint density at radius 1 is 0.868 bits per heavy atom. The molecule has 190 valence electrons. The van der Waals surface area contributed by atoms with Gasteiger partial charge in [-0.2, -0.15) is 0 Å². The summed E-state index contributed by atoms with van der Waals surface area (Å²) in [6, 6.07) is 20.5. The number of rotatable bonds is 7. The first-order chi connectivity index (χ1) is 18.3.